The van der Waals surface area contributed by atoms with Gasteiger partial charge in [0.1, 0.15) is 11.9 Å². The number of hydrogen-bond acceptors (Lipinski definition) is 2. The van der Waals surface area contributed by atoms with Crippen LogP contribution in [0.4, 0.5) is 0 Å². The molecule has 1 amide bonds. The molecule has 1 aromatic rings. The first-order valence-electron chi connectivity index (χ1n) is 11.8. The second-order valence-corrected chi connectivity index (χ2v) is 11.1. The maximum absolute atomic E-state index is 12.4. The zero-order valence-electron chi connectivity index (χ0n) is 18.6. The highest BCUT2D eigenvalue weighted by molar-refractivity contribution is 5.77. The minimum Gasteiger partial charge on any atom is -0.490 e. The van der Waals surface area contributed by atoms with E-state index in [2.05, 4.69) is 63.1 Å². The minimum absolute atomic E-state index is 0.283. The summed E-state index contributed by atoms with van der Waals surface area (Å²) in [5, 5.41) is 0. The number of para-hydroxylation sites is 1. The number of hydrogen-bond donors (Lipinski definition) is 0. The number of carbonyl (C=O) groups is 1. The van der Waals surface area contributed by atoms with Crippen molar-refractivity contribution in [2.45, 2.75) is 77.9 Å². The summed E-state index contributed by atoms with van der Waals surface area (Å²) in [4.78, 5) is 14.5. The molecule has 29 heavy (non-hydrogen) atoms. The molecule has 4 aliphatic rings. The summed E-state index contributed by atoms with van der Waals surface area (Å²) in [5.41, 5.74) is 0.574. The monoisotopic (exact) mass is 395 g/mol. The van der Waals surface area contributed by atoms with Crippen molar-refractivity contribution in [1.82, 2.24) is 4.90 Å². The molecule has 1 heterocycles. The Bertz CT molecular complexity index is 778. The molecule has 158 valence electrons. The molecule has 3 aliphatic carbocycles. The number of likely N-dealkylation sites (tertiary alicyclic amines) is 1. The Labute approximate surface area is 176 Å². The first-order valence-corrected chi connectivity index (χ1v) is 11.8. The van der Waals surface area contributed by atoms with Crippen molar-refractivity contribution in [3.63, 3.8) is 0 Å². The highest BCUT2D eigenvalue weighted by Crippen LogP contribution is 2.66. The van der Waals surface area contributed by atoms with Crippen LogP contribution in [-0.2, 0) is 4.79 Å². The third kappa shape index (κ3) is 2.79. The van der Waals surface area contributed by atoms with E-state index in [0.717, 1.165) is 36.3 Å². The van der Waals surface area contributed by atoms with Crippen LogP contribution in [0.15, 0.2) is 30.3 Å². The fraction of sp³-hybridized carbons (Fsp3) is 0.731. The van der Waals surface area contributed by atoms with Gasteiger partial charge in [0.05, 0.1) is 0 Å². The molecule has 8 atom stereocenters. The lowest BCUT2D eigenvalue weighted by molar-refractivity contribution is -0.168. The van der Waals surface area contributed by atoms with Gasteiger partial charge in [0.2, 0.25) is 5.91 Å². The minimum atomic E-state index is 0.283. The van der Waals surface area contributed by atoms with Gasteiger partial charge in [-0.2, -0.15) is 0 Å². The molecule has 1 saturated heterocycles. The summed E-state index contributed by atoms with van der Waals surface area (Å²) in [7, 11) is 2.06. The van der Waals surface area contributed by atoms with Crippen molar-refractivity contribution in [1.29, 1.82) is 0 Å². The van der Waals surface area contributed by atoms with Gasteiger partial charge in [0.25, 0.3) is 0 Å². The van der Waals surface area contributed by atoms with Crippen LogP contribution < -0.4 is 4.74 Å². The van der Waals surface area contributed by atoms with Gasteiger partial charge < -0.3 is 9.64 Å². The third-order valence-electron chi connectivity index (χ3n) is 9.87. The molecule has 1 aliphatic heterocycles. The van der Waals surface area contributed by atoms with Crippen molar-refractivity contribution in [2.24, 2.45) is 34.5 Å². The zero-order valence-corrected chi connectivity index (χ0v) is 18.6. The summed E-state index contributed by atoms with van der Waals surface area (Å²) >= 11 is 0. The second kappa shape index (κ2) is 6.75. The van der Waals surface area contributed by atoms with E-state index in [9.17, 15) is 4.79 Å². The molecule has 0 bridgehead atoms. The van der Waals surface area contributed by atoms with Gasteiger partial charge in [-0.1, -0.05) is 39.0 Å². The molecule has 1 aromatic carbocycles. The molecular weight excluding hydrogens is 358 g/mol. The molecule has 0 aromatic heterocycles. The van der Waals surface area contributed by atoms with Crippen molar-refractivity contribution in [3.8, 4) is 5.75 Å². The molecule has 4 fully saturated rings. The lowest BCUT2D eigenvalue weighted by Crippen LogP contribution is -2.63. The average Bonchev–Trinajstić information content (AvgIpc) is 3.04. The van der Waals surface area contributed by atoms with Gasteiger partial charge >= 0.3 is 0 Å². The van der Waals surface area contributed by atoms with Crippen LogP contribution in [0.1, 0.15) is 65.7 Å². The normalized spacial score (nSPS) is 46.6. The van der Waals surface area contributed by atoms with Crippen molar-refractivity contribution in [2.75, 3.05) is 7.05 Å². The highest BCUT2D eigenvalue weighted by Gasteiger charge is 2.63. The quantitative estimate of drug-likeness (QED) is 0.658. The number of benzene rings is 1. The summed E-state index contributed by atoms with van der Waals surface area (Å²) in [5.74, 6) is 4.35. The van der Waals surface area contributed by atoms with Crippen LogP contribution >= 0.6 is 0 Å². The van der Waals surface area contributed by atoms with E-state index >= 15 is 0 Å². The summed E-state index contributed by atoms with van der Waals surface area (Å²) in [6, 6.07) is 10.8. The van der Waals surface area contributed by atoms with Gasteiger partial charge in [0.15, 0.2) is 0 Å². The number of fused-ring (bicyclic) bond motifs is 5. The van der Waals surface area contributed by atoms with E-state index < -0.39 is 0 Å². The molecular formula is C26H37NO2. The lowest BCUT2D eigenvalue weighted by atomic mass is 9.45. The van der Waals surface area contributed by atoms with Crippen LogP contribution in [0, 0.1) is 34.5 Å². The number of nitrogens with zero attached hydrogens (tertiary/aromatic N) is 1. The number of ether oxygens (including phenoxy) is 1. The predicted octanol–water partition coefficient (Wildman–Crippen LogP) is 5.54. The van der Waals surface area contributed by atoms with Gasteiger partial charge in [-0.05, 0) is 79.7 Å². The Morgan fingerprint density at radius 1 is 1.00 bits per heavy atom. The third-order valence-corrected chi connectivity index (χ3v) is 9.87. The Morgan fingerprint density at radius 2 is 1.72 bits per heavy atom. The van der Waals surface area contributed by atoms with Crippen LogP contribution in [0.25, 0.3) is 0 Å². The largest absolute Gasteiger partial charge is 0.490 e. The Hall–Kier alpha value is -1.51. The zero-order chi connectivity index (χ0) is 20.4. The van der Waals surface area contributed by atoms with Gasteiger partial charge in [-0.15, -0.1) is 0 Å². The molecule has 3 saturated carbocycles. The van der Waals surface area contributed by atoms with E-state index in [0.29, 0.717) is 29.4 Å². The van der Waals surface area contributed by atoms with E-state index in [1.165, 1.54) is 32.1 Å². The fourth-order valence-corrected chi connectivity index (χ4v) is 8.27. The van der Waals surface area contributed by atoms with Crippen LogP contribution in [0.5, 0.6) is 5.75 Å². The molecule has 3 heteroatoms. The molecule has 3 unspecified atom stereocenters. The number of amides is 1. The number of piperidine rings is 1. The first-order chi connectivity index (χ1) is 13.8. The smallest absolute Gasteiger partial charge is 0.222 e. The van der Waals surface area contributed by atoms with Gasteiger partial charge in [-0.25, -0.2) is 0 Å². The first kappa shape index (κ1) is 19.5. The molecule has 0 spiro atoms. The maximum atomic E-state index is 12.4. The summed E-state index contributed by atoms with van der Waals surface area (Å²) < 4.78 is 6.57. The van der Waals surface area contributed by atoms with Crippen LogP contribution in [0.2, 0.25) is 0 Å². The topological polar surface area (TPSA) is 29.5 Å². The summed E-state index contributed by atoms with van der Waals surface area (Å²) in [6.07, 6.45) is 8.39. The molecule has 5 rings (SSSR count). The van der Waals surface area contributed by atoms with Crippen LogP contribution in [0.3, 0.4) is 0 Å². The maximum Gasteiger partial charge on any atom is 0.222 e. The molecule has 0 radical (unpaired) electrons. The van der Waals surface area contributed by atoms with Crippen LogP contribution in [-0.4, -0.2) is 30.0 Å². The van der Waals surface area contributed by atoms with E-state index in [1.807, 2.05) is 0 Å². The number of rotatable bonds is 2. The Balaban J connectivity index is 1.42. The van der Waals surface area contributed by atoms with Crippen molar-refractivity contribution in [3.05, 3.63) is 30.3 Å². The Kier molecular flexibility index (Phi) is 4.53. The van der Waals surface area contributed by atoms with Gasteiger partial charge in [-0.3, -0.25) is 4.79 Å². The van der Waals surface area contributed by atoms with E-state index in [-0.39, 0.29) is 5.41 Å². The highest BCUT2D eigenvalue weighted by atomic mass is 16.5. The molecule has 0 N–H and O–H groups in total. The Morgan fingerprint density at radius 3 is 2.48 bits per heavy atom. The SMILES string of the molecule is CC1CC2N(C)C(=O)CC[C@]2(C)[C@@H]2CC[C@]3(C)C(Oc4ccccc4)CC[C@H]3[C@H]12. The fourth-order valence-electron chi connectivity index (χ4n) is 8.27. The second-order valence-electron chi connectivity index (χ2n) is 11.1. The van der Waals surface area contributed by atoms with Crippen molar-refractivity contribution < 1.29 is 9.53 Å². The average molecular weight is 396 g/mol. The van der Waals surface area contributed by atoms with E-state index in [4.69, 9.17) is 4.74 Å². The standard InChI is InChI=1S/C26H37NO2/c1-17-16-21-25(2,15-13-23(28)27(21)4)20-12-14-26(3)19(24(17)20)10-11-22(26)29-18-8-6-5-7-9-18/h5-9,17,19-22,24H,10-16H2,1-4H3/t17?,19-,20+,21?,22?,24-,25+,26-/m0/s1. The lowest BCUT2D eigenvalue weighted by Gasteiger charge is -2.63. The number of carbonyl (C=O) groups excluding carboxylic acids is 1. The van der Waals surface area contributed by atoms with Gasteiger partial charge in [0, 0.05) is 24.9 Å². The predicted molar refractivity (Wildman–Crippen MR) is 116 cm³/mol. The van der Waals surface area contributed by atoms with Crippen molar-refractivity contribution >= 4 is 5.91 Å². The summed E-state index contributed by atoms with van der Waals surface area (Å²) in [6.45, 7) is 7.51. The van der Waals surface area contributed by atoms with E-state index in [1.54, 1.807) is 0 Å². The molecule has 3 nitrogen and oxygen atoms in total.